The molecule has 2 aliphatic rings. The number of nitrogens with one attached hydrogen (secondary N) is 1. The van der Waals surface area contributed by atoms with Gasteiger partial charge in [0.25, 0.3) is 0 Å². The van der Waals surface area contributed by atoms with Crippen LogP contribution in [-0.2, 0) is 13.0 Å². The number of fused-ring (bicyclic) bond motifs is 1. The first kappa shape index (κ1) is 15.7. The van der Waals surface area contributed by atoms with E-state index in [2.05, 4.69) is 45.3 Å². The maximum absolute atomic E-state index is 5.66. The van der Waals surface area contributed by atoms with Crippen LogP contribution < -0.4 is 10.1 Å². The minimum Gasteiger partial charge on any atom is -0.496 e. The zero-order chi connectivity index (χ0) is 16.4. The van der Waals surface area contributed by atoms with Crippen LogP contribution >= 0.6 is 0 Å². The summed E-state index contributed by atoms with van der Waals surface area (Å²) in [5, 5.41) is 3.99. The van der Waals surface area contributed by atoms with E-state index in [0.29, 0.717) is 18.0 Å². The molecule has 2 unspecified atom stereocenters. The molecule has 4 heteroatoms. The normalized spacial score (nSPS) is 22.3. The van der Waals surface area contributed by atoms with Crippen molar-refractivity contribution in [2.45, 2.75) is 57.2 Å². The Labute approximate surface area is 144 Å². The van der Waals surface area contributed by atoms with E-state index in [1.165, 1.54) is 37.1 Å². The molecule has 0 bridgehead atoms. The second kappa shape index (κ2) is 6.98. The number of imidazole rings is 1. The number of para-hydroxylation sites is 1. The Bertz CT molecular complexity index is 675. The molecular formula is C20H27N3O. The number of benzene rings is 1. The molecule has 1 aliphatic heterocycles. The minimum atomic E-state index is 0.388. The maximum Gasteiger partial charge on any atom is 0.123 e. The van der Waals surface area contributed by atoms with Gasteiger partial charge in [-0.3, -0.25) is 0 Å². The monoisotopic (exact) mass is 325 g/mol. The number of hydrogen-bond donors (Lipinski definition) is 1. The number of methoxy groups -OCH3 is 1. The number of rotatable bonds is 5. The van der Waals surface area contributed by atoms with Crippen molar-refractivity contribution in [1.29, 1.82) is 0 Å². The van der Waals surface area contributed by atoms with E-state index in [1.807, 2.05) is 6.20 Å². The first-order chi connectivity index (χ1) is 11.8. The highest BCUT2D eigenvalue weighted by Gasteiger charge is 2.31. The fourth-order valence-electron chi connectivity index (χ4n) is 4.45. The Hall–Kier alpha value is -1.81. The van der Waals surface area contributed by atoms with E-state index in [0.717, 1.165) is 25.1 Å². The average Bonchev–Trinajstić information content (AvgIpc) is 3.30. The SMILES string of the molecule is COc1ccccc1C(NC1CCc2nccn2C1)C1CCCC1. The minimum absolute atomic E-state index is 0.388. The van der Waals surface area contributed by atoms with Crippen LogP contribution in [0.3, 0.4) is 0 Å². The van der Waals surface area contributed by atoms with E-state index in [4.69, 9.17) is 4.74 Å². The molecule has 1 saturated carbocycles. The van der Waals surface area contributed by atoms with Crippen molar-refractivity contribution in [2.24, 2.45) is 5.92 Å². The maximum atomic E-state index is 5.66. The number of nitrogens with zero attached hydrogens (tertiary/aromatic N) is 2. The van der Waals surface area contributed by atoms with E-state index < -0.39 is 0 Å². The molecule has 1 fully saturated rings. The summed E-state index contributed by atoms with van der Waals surface area (Å²) in [6.07, 6.45) is 11.6. The van der Waals surface area contributed by atoms with Crippen LogP contribution in [0.1, 0.15) is 49.5 Å². The summed E-state index contributed by atoms with van der Waals surface area (Å²) in [5.74, 6) is 2.95. The summed E-state index contributed by atoms with van der Waals surface area (Å²) in [7, 11) is 1.78. The molecule has 1 aromatic heterocycles. The smallest absolute Gasteiger partial charge is 0.123 e. The zero-order valence-electron chi connectivity index (χ0n) is 14.4. The second-order valence-electron chi connectivity index (χ2n) is 7.16. The van der Waals surface area contributed by atoms with Gasteiger partial charge in [0.15, 0.2) is 0 Å². The third-order valence-corrected chi connectivity index (χ3v) is 5.70. The van der Waals surface area contributed by atoms with Crippen molar-refractivity contribution in [1.82, 2.24) is 14.9 Å². The topological polar surface area (TPSA) is 39.1 Å². The van der Waals surface area contributed by atoms with Gasteiger partial charge in [-0.1, -0.05) is 31.0 Å². The lowest BCUT2D eigenvalue weighted by Gasteiger charge is -2.33. The molecule has 2 atom stereocenters. The fourth-order valence-corrected chi connectivity index (χ4v) is 4.45. The molecule has 0 spiro atoms. The van der Waals surface area contributed by atoms with Crippen LogP contribution in [0, 0.1) is 5.92 Å². The van der Waals surface area contributed by atoms with Crippen LogP contribution in [0.15, 0.2) is 36.7 Å². The van der Waals surface area contributed by atoms with Gasteiger partial charge in [0.1, 0.15) is 11.6 Å². The summed E-state index contributed by atoms with van der Waals surface area (Å²) in [4.78, 5) is 4.45. The molecule has 4 rings (SSSR count). The van der Waals surface area contributed by atoms with Crippen molar-refractivity contribution < 1.29 is 4.74 Å². The van der Waals surface area contributed by atoms with Crippen LogP contribution in [0.2, 0.25) is 0 Å². The van der Waals surface area contributed by atoms with Gasteiger partial charge in [0, 0.05) is 43.0 Å². The first-order valence-corrected chi connectivity index (χ1v) is 9.24. The average molecular weight is 325 g/mol. The molecule has 1 aliphatic carbocycles. The number of ether oxygens (including phenoxy) is 1. The molecular weight excluding hydrogens is 298 g/mol. The van der Waals surface area contributed by atoms with Crippen LogP contribution in [0.4, 0.5) is 0 Å². The van der Waals surface area contributed by atoms with Crippen LogP contribution in [0.25, 0.3) is 0 Å². The zero-order valence-corrected chi connectivity index (χ0v) is 14.4. The lowest BCUT2D eigenvalue weighted by molar-refractivity contribution is 0.278. The van der Waals surface area contributed by atoms with Crippen molar-refractivity contribution in [2.75, 3.05) is 7.11 Å². The van der Waals surface area contributed by atoms with E-state index in [1.54, 1.807) is 7.11 Å². The van der Waals surface area contributed by atoms with E-state index in [9.17, 15) is 0 Å². The van der Waals surface area contributed by atoms with Crippen molar-refractivity contribution in [3.8, 4) is 5.75 Å². The Morgan fingerprint density at radius 1 is 1.21 bits per heavy atom. The number of hydrogen-bond acceptors (Lipinski definition) is 3. The summed E-state index contributed by atoms with van der Waals surface area (Å²) in [5.41, 5.74) is 1.32. The Kier molecular flexibility index (Phi) is 4.56. The first-order valence-electron chi connectivity index (χ1n) is 9.24. The molecule has 2 aromatic rings. The quantitative estimate of drug-likeness (QED) is 0.910. The third-order valence-electron chi connectivity index (χ3n) is 5.70. The van der Waals surface area contributed by atoms with Gasteiger partial charge < -0.3 is 14.6 Å². The molecule has 2 heterocycles. The van der Waals surface area contributed by atoms with Gasteiger partial charge >= 0.3 is 0 Å². The Balaban J connectivity index is 1.57. The second-order valence-corrected chi connectivity index (χ2v) is 7.16. The highest BCUT2D eigenvalue weighted by Crippen LogP contribution is 2.39. The van der Waals surface area contributed by atoms with Crippen molar-refractivity contribution >= 4 is 0 Å². The van der Waals surface area contributed by atoms with Gasteiger partial charge in [-0.25, -0.2) is 4.98 Å². The third kappa shape index (κ3) is 3.07. The highest BCUT2D eigenvalue weighted by atomic mass is 16.5. The summed E-state index contributed by atoms with van der Waals surface area (Å²) >= 11 is 0. The largest absolute Gasteiger partial charge is 0.496 e. The predicted molar refractivity (Wildman–Crippen MR) is 95.2 cm³/mol. The van der Waals surface area contributed by atoms with Crippen molar-refractivity contribution in [3.05, 3.63) is 48.0 Å². The van der Waals surface area contributed by atoms with Crippen molar-refractivity contribution in [3.63, 3.8) is 0 Å². The predicted octanol–water partition coefficient (Wildman–Crippen LogP) is 3.73. The molecule has 1 N–H and O–H groups in total. The Morgan fingerprint density at radius 3 is 2.88 bits per heavy atom. The van der Waals surface area contributed by atoms with Gasteiger partial charge in [-0.2, -0.15) is 0 Å². The lowest BCUT2D eigenvalue weighted by Crippen LogP contribution is -2.41. The fraction of sp³-hybridized carbons (Fsp3) is 0.550. The van der Waals surface area contributed by atoms with Gasteiger partial charge in [0.05, 0.1) is 7.11 Å². The molecule has 128 valence electrons. The van der Waals surface area contributed by atoms with E-state index in [-0.39, 0.29) is 0 Å². The van der Waals surface area contributed by atoms with Gasteiger partial charge in [-0.15, -0.1) is 0 Å². The lowest BCUT2D eigenvalue weighted by atomic mass is 9.89. The standard InChI is InChI=1S/C20H27N3O/c1-24-18-9-5-4-8-17(18)20(15-6-2-3-7-15)22-16-10-11-19-21-12-13-23(19)14-16/h4-5,8-9,12-13,15-16,20,22H,2-3,6-7,10-11,14H2,1H3. The van der Waals surface area contributed by atoms with Crippen LogP contribution in [0.5, 0.6) is 5.75 Å². The molecule has 0 radical (unpaired) electrons. The molecule has 0 saturated heterocycles. The van der Waals surface area contributed by atoms with E-state index >= 15 is 0 Å². The number of aryl methyl sites for hydroxylation is 1. The Morgan fingerprint density at radius 2 is 2.04 bits per heavy atom. The summed E-state index contributed by atoms with van der Waals surface area (Å²) in [6, 6.07) is 9.41. The molecule has 0 amide bonds. The molecule has 1 aromatic carbocycles. The summed E-state index contributed by atoms with van der Waals surface area (Å²) in [6.45, 7) is 1.02. The molecule has 4 nitrogen and oxygen atoms in total. The highest BCUT2D eigenvalue weighted by molar-refractivity contribution is 5.36. The van der Waals surface area contributed by atoms with Gasteiger partial charge in [0.2, 0.25) is 0 Å². The van der Waals surface area contributed by atoms with Gasteiger partial charge in [-0.05, 0) is 31.2 Å². The number of aromatic nitrogens is 2. The van der Waals surface area contributed by atoms with Crippen LogP contribution in [-0.4, -0.2) is 22.7 Å². The summed E-state index contributed by atoms with van der Waals surface area (Å²) < 4.78 is 7.96. The molecule has 24 heavy (non-hydrogen) atoms.